The van der Waals surface area contributed by atoms with Crippen LogP contribution in [0.2, 0.25) is 0 Å². The van der Waals surface area contributed by atoms with Crippen molar-refractivity contribution in [3.63, 3.8) is 0 Å². The number of allylic oxidation sites excluding steroid dienone is 2. The van der Waals surface area contributed by atoms with Crippen molar-refractivity contribution in [2.24, 2.45) is 0 Å². The lowest BCUT2D eigenvalue weighted by Gasteiger charge is -2.31. The number of carbonyl (C=O) groups is 1. The van der Waals surface area contributed by atoms with Gasteiger partial charge in [0.25, 0.3) is 0 Å². The van der Waals surface area contributed by atoms with Crippen LogP contribution in [-0.4, -0.2) is 46.3 Å². The molecule has 0 bridgehead atoms. The van der Waals surface area contributed by atoms with Crippen molar-refractivity contribution in [2.45, 2.75) is 161 Å². The van der Waals surface area contributed by atoms with E-state index in [2.05, 4.69) is 32.9 Å². The van der Waals surface area contributed by atoms with Crippen molar-refractivity contribution in [2.75, 3.05) is 13.2 Å². The summed E-state index contributed by atoms with van der Waals surface area (Å²) in [5, 5.41) is 19.2. The van der Waals surface area contributed by atoms with E-state index in [1.54, 1.807) is 4.90 Å². The second-order valence-electron chi connectivity index (χ2n) is 10.3. The fraction of sp³-hybridized carbons (Fsp3) is 0.900. The van der Waals surface area contributed by atoms with Gasteiger partial charge in [-0.25, -0.2) is 0 Å². The zero-order valence-electron chi connectivity index (χ0n) is 23.1. The maximum absolute atomic E-state index is 12.8. The third kappa shape index (κ3) is 20.5. The number of rotatable bonds is 25. The summed E-state index contributed by atoms with van der Waals surface area (Å²) >= 11 is 0. The fourth-order valence-electron chi connectivity index (χ4n) is 4.52. The molecule has 0 fully saturated rings. The van der Waals surface area contributed by atoms with Gasteiger partial charge in [0.1, 0.15) is 0 Å². The Morgan fingerprint density at radius 3 is 1.74 bits per heavy atom. The van der Waals surface area contributed by atoms with Gasteiger partial charge in [0.05, 0.1) is 12.7 Å². The van der Waals surface area contributed by atoms with E-state index in [1.165, 1.54) is 96.3 Å². The van der Waals surface area contributed by atoms with Crippen LogP contribution in [-0.2, 0) is 4.79 Å². The van der Waals surface area contributed by atoms with E-state index in [0.29, 0.717) is 6.42 Å². The molecule has 0 saturated carbocycles. The highest BCUT2D eigenvalue weighted by atomic mass is 16.3. The van der Waals surface area contributed by atoms with Gasteiger partial charge in [-0.05, 0) is 32.6 Å². The summed E-state index contributed by atoms with van der Waals surface area (Å²) in [6.45, 7) is 6.50. The molecule has 0 aliphatic heterocycles. The normalized spacial score (nSPS) is 13.4. The molecule has 0 aliphatic carbocycles. The monoisotopic (exact) mass is 481 g/mol. The van der Waals surface area contributed by atoms with Gasteiger partial charge in [0.15, 0.2) is 0 Å². The number of aliphatic hydroxyl groups is 2. The Morgan fingerprint density at radius 2 is 1.21 bits per heavy atom. The van der Waals surface area contributed by atoms with E-state index in [-0.39, 0.29) is 25.1 Å². The maximum atomic E-state index is 12.8. The number of carbonyl (C=O) groups excluding carboxylic acids is 1. The summed E-state index contributed by atoms with van der Waals surface area (Å²) in [4.78, 5) is 14.6. The number of nitrogens with zero attached hydrogens (tertiary/aromatic N) is 1. The van der Waals surface area contributed by atoms with Gasteiger partial charge in [0.2, 0.25) is 5.91 Å². The Kier molecular flexibility index (Phi) is 24.6. The summed E-state index contributed by atoms with van der Waals surface area (Å²) < 4.78 is 0. The first kappa shape index (κ1) is 33.1. The number of hydrogen-bond donors (Lipinski definition) is 2. The van der Waals surface area contributed by atoms with Gasteiger partial charge in [-0.15, -0.1) is 0 Å². The van der Waals surface area contributed by atoms with Crippen LogP contribution < -0.4 is 0 Å². The van der Waals surface area contributed by atoms with Crippen molar-refractivity contribution < 1.29 is 15.0 Å². The largest absolute Gasteiger partial charge is 0.394 e. The number of aliphatic hydroxyl groups excluding tert-OH is 2. The van der Waals surface area contributed by atoms with Gasteiger partial charge in [-0.1, -0.05) is 122 Å². The quantitative estimate of drug-likeness (QED) is 0.103. The highest BCUT2D eigenvalue weighted by Crippen LogP contribution is 2.16. The Hall–Kier alpha value is -0.870. The number of unbranched alkanes of at least 4 members (excludes halogenated alkanes) is 15. The predicted octanol–water partition coefficient (Wildman–Crippen LogP) is 7.95. The third-order valence-electron chi connectivity index (χ3n) is 6.86. The van der Waals surface area contributed by atoms with Gasteiger partial charge in [-0.2, -0.15) is 0 Å². The van der Waals surface area contributed by atoms with Crippen LogP contribution in [0.1, 0.15) is 149 Å². The van der Waals surface area contributed by atoms with E-state index in [4.69, 9.17) is 0 Å². The van der Waals surface area contributed by atoms with E-state index in [0.717, 1.165) is 25.7 Å². The van der Waals surface area contributed by atoms with Crippen molar-refractivity contribution in [3.8, 4) is 0 Å². The van der Waals surface area contributed by atoms with Crippen LogP contribution in [0.5, 0.6) is 0 Å². The molecule has 2 unspecified atom stereocenters. The van der Waals surface area contributed by atoms with Gasteiger partial charge in [0, 0.05) is 19.0 Å². The van der Waals surface area contributed by atoms with Crippen LogP contribution in [0.3, 0.4) is 0 Å². The molecule has 0 aromatic rings. The molecule has 202 valence electrons. The van der Waals surface area contributed by atoms with Crippen LogP contribution in [0.15, 0.2) is 12.2 Å². The molecule has 1 amide bonds. The first-order valence-electron chi connectivity index (χ1n) is 14.8. The third-order valence-corrected chi connectivity index (χ3v) is 6.86. The zero-order chi connectivity index (χ0) is 25.3. The lowest BCUT2D eigenvalue weighted by molar-refractivity contribution is -0.135. The Bertz CT molecular complexity index is 466. The highest BCUT2D eigenvalue weighted by molar-refractivity contribution is 5.76. The Balaban J connectivity index is 4.02. The van der Waals surface area contributed by atoms with Gasteiger partial charge in [-0.3, -0.25) is 4.79 Å². The average molecular weight is 482 g/mol. The van der Waals surface area contributed by atoms with Crippen LogP contribution in [0.4, 0.5) is 0 Å². The van der Waals surface area contributed by atoms with Gasteiger partial charge >= 0.3 is 0 Å². The Morgan fingerprint density at radius 1 is 0.735 bits per heavy atom. The summed E-state index contributed by atoms with van der Waals surface area (Å²) in [6, 6.07) is 0.106. The van der Waals surface area contributed by atoms with Crippen LogP contribution >= 0.6 is 0 Å². The molecule has 0 saturated heterocycles. The molecule has 34 heavy (non-hydrogen) atoms. The highest BCUT2D eigenvalue weighted by Gasteiger charge is 2.21. The minimum Gasteiger partial charge on any atom is -0.394 e. The molecule has 0 aromatic carbocycles. The number of hydrogen-bond acceptors (Lipinski definition) is 3. The first-order valence-corrected chi connectivity index (χ1v) is 14.8. The molecule has 0 radical (unpaired) electrons. The Labute approximate surface area is 212 Å². The van der Waals surface area contributed by atoms with Crippen molar-refractivity contribution in [1.82, 2.24) is 4.90 Å². The predicted molar refractivity (Wildman–Crippen MR) is 147 cm³/mol. The molecule has 2 N–H and O–H groups in total. The fourth-order valence-corrected chi connectivity index (χ4v) is 4.52. The van der Waals surface area contributed by atoms with E-state index in [9.17, 15) is 15.0 Å². The summed E-state index contributed by atoms with van der Waals surface area (Å²) in [5.41, 5.74) is 0. The molecule has 0 spiro atoms. The van der Waals surface area contributed by atoms with E-state index in [1.807, 2.05) is 0 Å². The standard InChI is InChI=1S/C30H59NO3/c1-4-6-8-10-12-13-14-15-16-17-19-20-22-24-28(3)31(26-29(33)27-32)30(34)25-23-21-18-11-9-7-5-2/h18,21,28-29,32-33H,4-17,19-20,22-27H2,1-3H3/b21-18+. The van der Waals surface area contributed by atoms with Crippen LogP contribution in [0, 0.1) is 0 Å². The molecule has 0 aromatic heterocycles. The average Bonchev–Trinajstić information content (AvgIpc) is 2.84. The SMILES string of the molecule is CCCCC/C=C/CCC(=O)N(CC(O)CO)C(C)CCCCCCCCCCCCCCC. The molecule has 2 atom stereocenters. The smallest absolute Gasteiger partial charge is 0.223 e. The topological polar surface area (TPSA) is 60.8 Å². The minimum absolute atomic E-state index is 0.0907. The van der Waals surface area contributed by atoms with Crippen molar-refractivity contribution in [3.05, 3.63) is 12.2 Å². The van der Waals surface area contributed by atoms with E-state index < -0.39 is 6.10 Å². The molecule has 4 heteroatoms. The lowest BCUT2D eigenvalue weighted by atomic mass is 10.0. The van der Waals surface area contributed by atoms with Crippen LogP contribution in [0.25, 0.3) is 0 Å². The van der Waals surface area contributed by atoms with Crippen molar-refractivity contribution >= 4 is 5.91 Å². The number of amides is 1. The second kappa shape index (κ2) is 25.2. The van der Waals surface area contributed by atoms with E-state index >= 15 is 0 Å². The minimum atomic E-state index is -0.859. The molecule has 0 rings (SSSR count). The molecule has 4 nitrogen and oxygen atoms in total. The first-order chi connectivity index (χ1) is 16.6. The maximum Gasteiger partial charge on any atom is 0.223 e. The zero-order valence-corrected chi connectivity index (χ0v) is 23.1. The van der Waals surface area contributed by atoms with Gasteiger partial charge < -0.3 is 15.1 Å². The molecule has 0 aliphatic rings. The molecule has 0 heterocycles. The lowest BCUT2D eigenvalue weighted by Crippen LogP contribution is -2.44. The summed E-state index contributed by atoms with van der Waals surface area (Å²) in [5.74, 6) is 0.0907. The molecular formula is C30H59NO3. The summed E-state index contributed by atoms with van der Waals surface area (Å²) in [7, 11) is 0. The second-order valence-corrected chi connectivity index (χ2v) is 10.3. The van der Waals surface area contributed by atoms with Crippen molar-refractivity contribution in [1.29, 1.82) is 0 Å². The molecular weight excluding hydrogens is 422 g/mol. The summed E-state index contributed by atoms with van der Waals surface area (Å²) in [6.07, 6.45) is 27.8.